The van der Waals surface area contributed by atoms with Crippen molar-refractivity contribution in [2.75, 3.05) is 45.2 Å². The molecule has 2 atom stereocenters. The third kappa shape index (κ3) is 4.10. The number of nitrogens with zero attached hydrogens (tertiary/aromatic N) is 5. The van der Waals surface area contributed by atoms with Crippen LogP contribution in [0.3, 0.4) is 0 Å². The molecule has 2 aliphatic rings. The van der Waals surface area contributed by atoms with Gasteiger partial charge in [0.15, 0.2) is 9.84 Å². The quantitative estimate of drug-likeness (QED) is 0.669. The van der Waals surface area contributed by atoms with Crippen LogP contribution < -0.4 is 0 Å². The summed E-state index contributed by atoms with van der Waals surface area (Å²) in [5.74, 6) is 1.30. The van der Waals surface area contributed by atoms with Gasteiger partial charge in [-0.05, 0) is 6.42 Å². The molecule has 0 aromatic carbocycles. The smallest absolute Gasteiger partial charge is 0.236 e. The Kier molecular flexibility index (Phi) is 5.69. The highest BCUT2D eigenvalue weighted by Crippen LogP contribution is 2.28. The monoisotopic (exact) mass is 383 g/mol. The molecular weight excluding hydrogens is 354 g/mol. The predicted octanol–water partition coefficient (Wildman–Crippen LogP) is -0.335. The van der Waals surface area contributed by atoms with Gasteiger partial charge in [-0.1, -0.05) is 6.92 Å². The zero-order valence-electron chi connectivity index (χ0n) is 15.8. The highest BCUT2D eigenvalue weighted by atomic mass is 32.2. The van der Waals surface area contributed by atoms with E-state index in [0.29, 0.717) is 13.1 Å². The van der Waals surface area contributed by atoms with Gasteiger partial charge in [-0.3, -0.25) is 14.6 Å². The number of aromatic nitrogens is 2. The maximum Gasteiger partial charge on any atom is 0.236 e. The lowest BCUT2D eigenvalue weighted by atomic mass is 10.0. The third-order valence-electron chi connectivity index (χ3n) is 5.35. The standard InChI is InChI=1S/C17H29N5O3S/c1-4-6-20-7-5-18-16(20)10-21-8-9-22(11-17(23)19(2)3)15-13-26(24,25)12-14(15)21/h5,7,14-15H,4,6,8-13H2,1-3H3/t14-,15+/m1/s1. The van der Waals surface area contributed by atoms with E-state index in [4.69, 9.17) is 0 Å². The van der Waals surface area contributed by atoms with Crippen LogP contribution in [-0.4, -0.2) is 95.9 Å². The molecule has 0 unspecified atom stereocenters. The maximum atomic E-state index is 12.3. The van der Waals surface area contributed by atoms with Crippen LogP contribution in [0.2, 0.25) is 0 Å². The van der Waals surface area contributed by atoms with Crippen LogP contribution >= 0.6 is 0 Å². The predicted molar refractivity (Wildman–Crippen MR) is 99.4 cm³/mol. The topological polar surface area (TPSA) is 78.8 Å². The van der Waals surface area contributed by atoms with Gasteiger partial charge < -0.3 is 9.47 Å². The second kappa shape index (κ2) is 7.66. The first kappa shape index (κ1) is 19.3. The van der Waals surface area contributed by atoms with Crippen molar-refractivity contribution in [1.29, 1.82) is 0 Å². The molecular formula is C17H29N5O3S. The fraction of sp³-hybridized carbons (Fsp3) is 0.765. The minimum absolute atomic E-state index is 0.0139. The van der Waals surface area contributed by atoms with E-state index in [0.717, 1.165) is 25.3 Å². The molecule has 0 N–H and O–H groups in total. The maximum absolute atomic E-state index is 12.3. The second-order valence-electron chi connectivity index (χ2n) is 7.48. The Hall–Kier alpha value is -1.45. The Morgan fingerprint density at radius 1 is 1.23 bits per heavy atom. The van der Waals surface area contributed by atoms with E-state index in [1.165, 1.54) is 0 Å². The average Bonchev–Trinajstić information content (AvgIpc) is 3.13. The Balaban J connectivity index is 1.76. The zero-order chi connectivity index (χ0) is 18.9. The Morgan fingerprint density at radius 3 is 2.54 bits per heavy atom. The number of hydrogen-bond donors (Lipinski definition) is 0. The van der Waals surface area contributed by atoms with E-state index in [1.807, 2.05) is 11.1 Å². The van der Waals surface area contributed by atoms with E-state index in [1.54, 1.807) is 25.2 Å². The molecule has 0 radical (unpaired) electrons. The first-order valence-corrected chi connectivity index (χ1v) is 11.0. The van der Waals surface area contributed by atoms with Crippen molar-refractivity contribution < 1.29 is 13.2 Å². The van der Waals surface area contributed by atoms with Crippen molar-refractivity contribution in [3.63, 3.8) is 0 Å². The number of carbonyl (C=O) groups excluding carboxylic acids is 1. The van der Waals surface area contributed by atoms with E-state index < -0.39 is 9.84 Å². The van der Waals surface area contributed by atoms with Crippen LogP contribution in [0.1, 0.15) is 19.2 Å². The van der Waals surface area contributed by atoms with Gasteiger partial charge in [-0.15, -0.1) is 0 Å². The highest BCUT2D eigenvalue weighted by molar-refractivity contribution is 7.91. The SMILES string of the molecule is CCCn1ccnc1CN1CCN(CC(=O)N(C)C)[C@H]2CS(=O)(=O)C[C@H]21. The first-order chi connectivity index (χ1) is 12.3. The molecule has 9 heteroatoms. The van der Waals surface area contributed by atoms with Gasteiger partial charge in [0.25, 0.3) is 0 Å². The van der Waals surface area contributed by atoms with E-state index in [2.05, 4.69) is 21.4 Å². The number of aryl methyl sites for hydroxylation is 1. The molecule has 3 heterocycles. The van der Waals surface area contributed by atoms with Crippen LogP contribution in [0, 0.1) is 0 Å². The van der Waals surface area contributed by atoms with Crippen LogP contribution in [0.15, 0.2) is 12.4 Å². The molecule has 0 saturated carbocycles. The molecule has 2 saturated heterocycles. The number of hydrogen-bond acceptors (Lipinski definition) is 6. The summed E-state index contributed by atoms with van der Waals surface area (Å²) >= 11 is 0. The molecule has 1 amide bonds. The summed E-state index contributed by atoms with van der Waals surface area (Å²) in [5, 5.41) is 0. The Bertz CT molecular complexity index is 745. The second-order valence-corrected chi connectivity index (χ2v) is 9.63. The number of carbonyl (C=O) groups is 1. The fourth-order valence-corrected chi connectivity index (χ4v) is 5.96. The number of piperazine rings is 1. The minimum atomic E-state index is -3.09. The number of imidazole rings is 1. The lowest BCUT2D eigenvalue weighted by Gasteiger charge is -2.43. The number of likely N-dealkylation sites (N-methyl/N-ethyl adjacent to an activating group) is 1. The average molecular weight is 384 g/mol. The molecule has 1 aromatic heterocycles. The van der Waals surface area contributed by atoms with Crippen LogP contribution in [-0.2, 0) is 27.7 Å². The molecule has 8 nitrogen and oxygen atoms in total. The van der Waals surface area contributed by atoms with Crippen molar-refractivity contribution in [2.45, 2.75) is 38.5 Å². The summed E-state index contributed by atoms with van der Waals surface area (Å²) in [6, 6.07) is -0.192. The Morgan fingerprint density at radius 2 is 1.88 bits per heavy atom. The van der Waals surface area contributed by atoms with Gasteiger partial charge in [0.05, 0.1) is 24.6 Å². The summed E-state index contributed by atoms with van der Waals surface area (Å²) in [5.41, 5.74) is 0. The molecule has 146 valence electrons. The molecule has 0 aliphatic carbocycles. The van der Waals surface area contributed by atoms with Crippen molar-refractivity contribution in [2.24, 2.45) is 0 Å². The van der Waals surface area contributed by atoms with Gasteiger partial charge in [-0.2, -0.15) is 0 Å². The zero-order valence-corrected chi connectivity index (χ0v) is 16.7. The Labute approximate surface area is 155 Å². The molecule has 2 fully saturated rings. The lowest BCUT2D eigenvalue weighted by Crippen LogP contribution is -2.60. The van der Waals surface area contributed by atoms with E-state index >= 15 is 0 Å². The minimum Gasteiger partial charge on any atom is -0.348 e. The lowest BCUT2D eigenvalue weighted by molar-refractivity contribution is -0.131. The first-order valence-electron chi connectivity index (χ1n) is 9.19. The number of fused-ring (bicyclic) bond motifs is 1. The molecule has 0 bridgehead atoms. The van der Waals surface area contributed by atoms with Crippen molar-refractivity contribution in [3.05, 3.63) is 18.2 Å². The summed E-state index contributed by atoms with van der Waals surface area (Å²) < 4.78 is 26.8. The summed E-state index contributed by atoms with van der Waals surface area (Å²) in [7, 11) is 0.377. The molecule has 26 heavy (non-hydrogen) atoms. The summed E-state index contributed by atoms with van der Waals surface area (Å²) in [6.45, 7) is 5.42. The normalized spacial score (nSPS) is 26.0. The third-order valence-corrected chi connectivity index (χ3v) is 7.05. The van der Waals surface area contributed by atoms with Crippen molar-refractivity contribution in [1.82, 2.24) is 24.3 Å². The van der Waals surface area contributed by atoms with Gasteiger partial charge in [0.1, 0.15) is 5.82 Å². The van der Waals surface area contributed by atoms with Crippen LogP contribution in [0.5, 0.6) is 0 Å². The largest absolute Gasteiger partial charge is 0.348 e. The van der Waals surface area contributed by atoms with Crippen molar-refractivity contribution in [3.8, 4) is 0 Å². The van der Waals surface area contributed by atoms with Gasteiger partial charge >= 0.3 is 0 Å². The van der Waals surface area contributed by atoms with Crippen LogP contribution in [0.25, 0.3) is 0 Å². The van der Waals surface area contributed by atoms with E-state index in [9.17, 15) is 13.2 Å². The van der Waals surface area contributed by atoms with Gasteiger partial charge in [0, 0.05) is 58.2 Å². The highest BCUT2D eigenvalue weighted by Gasteiger charge is 2.47. The number of sulfone groups is 1. The van der Waals surface area contributed by atoms with Crippen LogP contribution in [0.4, 0.5) is 0 Å². The molecule has 0 spiro atoms. The van der Waals surface area contributed by atoms with Crippen molar-refractivity contribution >= 4 is 15.7 Å². The molecule has 3 rings (SSSR count). The molecule has 1 aromatic rings. The fourth-order valence-electron chi connectivity index (χ4n) is 3.92. The number of amides is 1. The summed E-state index contributed by atoms with van der Waals surface area (Å²) in [6.07, 6.45) is 4.82. The number of rotatable bonds is 6. The summed E-state index contributed by atoms with van der Waals surface area (Å²) in [4.78, 5) is 22.4. The van der Waals surface area contributed by atoms with Gasteiger partial charge in [0.2, 0.25) is 5.91 Å². The molecule has 2 aliphatic heterocycles. The van der Waals surface area contributed by atoms with Gasteiger partial charge in [-0.25, -0.2) is 13.4 Å². The van der Waals surface area contributed by atoms with E-state index in [-0.39, 0.29) is 36.0 Å².